The molecule has 0 saturated heterocycles. The molecule has 1 N–H and O–H groups in total. The number of rotatable bonds is 2. The molecule has 0 radical (unpaired) electrons. The minimum absolute atomic E-state index is 0.315. The average Bonchev–Trinajstić information content (AvgIpc) is 2.57. The smallest absolute Gasteiger partial charge is 0.306 e. The van der Waals surface area contributed by atoms with E-state index in [1.807, 2.05) is 0 Å². The largest absolute Gasteiger partial charge is 0.340 e. The fraction of sp³-hybridized carbons (Fsp3) is 0.0625. The van der Waals surface area contributed by atoms with Crippen LogP contribution < -0.4 is 15.9 Å². The number of benzene rings is 2. The Morgan fingerprint density at radius 3 is 2.61 bits per heavy atom. The van der Waals surface area contributed by atoms with E-state index >= 15 is 0 Å². The zero-order chi connectivity index (χ0) is 16.4. The summed E-state index contributed by atoms with van der Waals surface area (Å²) in [5.41, 5.74) is 0.845. The molecule has 0 atom stereocenters. The van der Waals surface area contributed by atoms with Gasteiger partial charge in [-0.25, -0.2) is 19.5 Å². The lowest BCUT2D eigenvalue weighted by Gasteiger charge is -2.19. The number of fused-ring (bicyclic) bond motifs is 1. The van der Waals surface area contributed by atoms with Crippen molar-refractivity contribution in [2.24, 2.45) is 0 Å². The van der Waals surface area contributed by atoms with Gasteiger partial charge < -0.3 is 5.32 Å². The summed E-state index contributed by atoms with van der Waals surface area (Å²) in [6.45, 7) is 0. The number of hydrogen-bond acceptors (Lipinski definition) is 3. The van der Waals surface area contributed by atoms with Gasteiger partial charge in [-0.15, -0.1) is 0 Å². The zero-order valence-corrected chi connectivity index (χ0v) is 13.0. The van der Waals surface area contributed by atoms with Gasteiger partial charge in [-0.3, -0.25) is 4.79 Å². The van der Waals surface area contributed by atoms with Crippen LogP contribution in [0.25, 0.3) is 10.9 Å². The van der Waals surface area contributed by atoms with Crippen LogP contribution in [-0.4, -0.2) is 22.7 Å². The van der Waals surface area contributed by atoms with E-state index in [2.05, 4.69) is 10.3 Å². The Morgan fingerprint density at radius 2 is 1.87 bits per heavy atom. The summed E-state index contributed by atoms with van der Waals surface area (Å²) in [5, 5.41) is 4.87. The minimum atomic E-state index is -0.466. The number of nitrogens with one attached hydrogen (secondary N) is 1. The monoisotopic (exact) mass is 328 g/mol. The van der Waals surface area contributed by atoms with Crippen molar-refractivity contribution in [3.05, 3.63) is 70.2 Å². The maximum Gasteiger partial charge on any atom is 0.340 e. The highest BCUT2D eigenvalue weighted by Crippen LogP contribution is 2.13. The maximum atomic E-state index is 12.5. The normalized spacial score (nSPS) is 10.5. The van der Waals surface area contributed by atoms with Crippen molar-refractivity contribution in [1.29, 1.82) is 0 Å². The summed E-state index contributed by atoms with van der Waals surface area (Å²) in [5.74, 6) is 0. The van der Waals surface area contributed by atoms with E-state index in [1.165, 1.54) is 13.4 Å². The van der Waals surface area contributed by atoms with Gasteiger partial charge in [-0.1, -0.05) is 23.7 Å². The van der Waals surface area contributed by atoms with Gasteiger partial charge >= 0.3 is 6.03 Å². The lowest BCUT2D eigenvalue weighted by molar-refractivity contribution is 0.253. The molecule has 0 fully saturated rings. The highest BCUT2D eigenvalue weighted by atomic mass is 35.5. The number of aromatic nitrogens is 2. The molecule has 0 unspecified atom stereocenters. The van der Waals surface area contributed by atoms with E-state index in [9.17, 15) is 9.59 Å². The van der Waals surface area contributed by atoms with E-state index in [4.69, 9.17) is 11.6 Å². The minimum Gasteiger partial charge on any atom is -0.306 e. The number of amides is 2. The van der Waals surface area contributed by atoms with Crippen LogP contribution in [0.4, 0.5) is 10.5 Å². The first kappa shape index (κ1) is 15.1. The van der Waals surface area contributed by atoms with Crippen molar-refractivity contribution in [2.45, 2.75) is 0 Å². The first-order valence-electron chi connectivity index (χ1n) is 6.83. The van der Waals surface area contributed by atoms with E-state index in [0.29, 0.717) is 21.6 Å². The molecule has 1 heterocycles. The number of anilines is 1. The van der Waals surface area contributed by atoms with Crippen LogP contribution in [0, 0.1) is 0 Å². The van der Waals surface area contributed by atoms with Gasteiger partial charge in [0.15, 0.2) is 0 Å². The van der Waals surface area contributed by atoms with Gasteiger partial charge in [0.2, 0.25) is 0 Å². The third kappa shape index (κ3) is 3.02. The first-order chi connectivity index (χ1) is 11.1. The Balaban J connectivity index is 1.89. The zero-order valence-electron chi connectivity index (χ0n) is 12.2. The lowest BCUT2D eigenvalue weighted by atomic mass is 10.2. The number of nitrogens with zero attached hydrogens (tertiary/aromatic N) is 3. The summed E-state index contributed by atoms with van der Waals surface area (Å²) in [6, 6.07) is 13.2. The molecule has 3 aromatic rings. The van der Waals surface area contributed by atoms with Gasteiger partial charge in [0, 0.05) is 17.8 Å². The van der Waals surface area contributed by atoms with Crippen molar-refractivity contribution in [2.75, 3.05) is 17.4 Å². The average molecular weight is 329 g/mol. The molecular formula is C16H13ClN4O2. The highest BCUT2D eigenvalue weighted by Gasteiger charge is 2.14. The van der Waals surface area contributed by atoms with Gasteiger partial charge in [-0.2, -0.15) is 0 Å². The van der Waals surface area contributed by atoms with Crippen molar-refractivity contribution < 1.29 is 4.79 Å². The predicted octanol–water partition coefficient (Wildman–Crippen LogP) is 2.85. The van der Waals surface area contributed by atoms with Crippen LogP contribution in [-0.2, 0) is 0 Å². The molecule has 0 spiro atoms. The van der Waals surface area contributed by atoms with Crippen molar-refractivity contribution >= 4 is 34.2 Å². The number of hydrogen-bond donors (Lipinski definition) is 1. The quantitative estimate of drug-likeness (QED) is 0.786. The summed E-state index contributed by atoms with van der Waals surface area (Å²) in [4.78, 5) is 28.9. The Labute approximate surface area is 136 Å². The number of carbonyl (C=O) groups excluding carboxylic acids is 1. The summed E-state index contributed by atoms with van der Waals surface area (Å²) >= 11 is 5.81. The molecule has 1 aromatic heterocycles. The summed E-state index contributed by atoms with van der Waals surface area (Å²) in [7, 11) is 1.49. The Morgan fingerprint density at radius 1 is 1.17 bits per heavy atom. The second-order valence-electron chi connectivity index (χ2n) is 4.87. The van der Waals surface area contributed by atoms with Crippen molar-refractivity contribution in [3.63, 3.8) is 0 Å². The molecule has 0 aliphatic rings. The molecule has 23 heavy (non-hydrogen) atoms. The summed E-state index contributed by atoms with van der Waals surface area (Å²) < 4.78 is 1.16. The molecule has 2 amide bonds. The van der Waals surface area contributed by atoms with Crippen molar-refractivity contribution in [1.82, 2.24) is 9.66 Å². The molecule has 6 nitrogen and oxygen atoms in total. The first-order valence-corrected chi connectivity index (χ1v) is 7.21. The standard InChI is InChI=1S/C16H13ClN4O2/c1-20(16(23)19-12-8-6-11(17)7-9-12)21-10-18-14-5-3-2-4-13(14)15(21)22/h2-10H,1H3,(H,19,23). The van der Waals surface area contributed by atoms with Gasteiger partial charge in [0.1, 0.15) is 6.33 Å². The van der Waals surface area contributed by atoms with E-state index < -0.39 is 6.03 Å². The van der Waals surface area contributed by atoms with Gasteiger partial charge in [0.05, 0.1) is 10.9 Å². The molecule has 0 aliphatic heterocycles. The van der Waals surface area contributed by atoms with Crippen LogP contribution in [0.1, 0.15) is 0 Å². The molecule has 0 bridgehead atoms. The number of halogens is 1. The Bertz CT molecular complexity index is 921. The number of para-hydroxylation sites is 1. The van der Waals surface area contributed by atoms with E-state index in [-0.39, 0.29) is 5.56 Å². The van der Waals surface area contributed by atoms with Crippen LogP contribution in [0.5, 0.6) is 0 Å². The fourth-order valence-electron chi connectivity index (χ4n) is 2.11. The van der Waals surface area contributed by atoms with E-state index in [1.54, 1.807) is 48.5 Å². The van der Waals surface area contributed by atoms with Gasteiger partial charge in [-0.05, 0) is 36.4 Å². The predicted molar refractivity (Wildman–Crippen MR) is 90.6 cm³/mol. The number of urea groups is 1. The van der Waals surface area contributed by atoms with Crippen LogP contribution in [0.2, 0.25) is 5.02 Å². The molecule has 0 aliphatic carbocycles. The molecule has 0 saturated carbocycles. The van der Waals surface area contributed by atoms with Crippen LogP contribution in [0.3, 0.4) is 0 Å². The molecular weight excluding hydrogens is 316 g/mol. The molecule has 116 valence electrons. The second kappa shape index (κ2) is 6.10. The Kier molecular flexibility index (Phi) is 3.99. The summed E-state index contributed by atoms with van der Waals surface area (Å²) in [6.07, 6.45) is 1.33. The maximum absolute atomic E-state index is 12.5. The molecule has 2 aromatic carbocycles. The number of carbonyl (C=O) groups is 1. The lowest BCUT2D eigenvalue weighted by Crippen LogP contribution is -2.45. The Hall–Kier alpha value is -2.86. The van der Waals surface area contributed by atoms with E-state index in [0.717, 1.165) is 9.69 Å². The molecule has 7 heteroatoms. The van der Waals surface area contributed by atoms with Crippen LogP contribution in [0.15, 0.2) is 59.7 Å². The highest BCUT2D eigenvalue weighted by molar-refractivity contribution is 6.30. The van der Waals surface area contributed by atoms with Crippen molar-refractivity contribution in [3.8, 4) is 0 Å². The third-order valence-corrected chi connectivity index (χ3v) is 3.61. The van der Waals surface area contributed by atoms with Gasteiger partial charge in [0.25, 0.3) is 5.56 Å². The van der Waals surface area contributed by atoms with Crippen LogP contribution >= 0.6 is 11.6 Å². The topological polar surface area (TPSA) is 67.2 Å². The SMILES string of the molecule is CN(C(=O)Nc1ccc(Cl)cc1)n1cnc2ccccc2c1=O. The second-order valence-corrected chi connectivity index (χ2v) is 5.31. The third-order valence-electron chi connectivity index (χ3n) is 3.36. The fourth-order valence-corrected chi connectivity index (χ4v) is 2.23. The molecule has 3 rings (SSSR count).